The molecule has 2 aromatic carbocycles. The number of hydrazine groups is 1. The summed E-state index contributed by atoms with van der Waals surface area (Å²) in [6.45, 7) is 1.62. The molecule has 136 valence electrons. The highest BCUT2D eigenvalue weighted by Gasteiger charge is 2.39. The number of carbonyl (C=O) groups excluding carboxylic acids is 1. The van der Waals surface area contributed by atoms with E-state index in [1.807, 2.05) is 17.0 Å². The average molecular weight is 357 g/mol. The number of likely N-dealkylation sites (tertiary alicyclic amines) is 1. The Bertz CT molecular complexity index is 813. The molecule has 2 aliphatic rings. The molecule has 0 spiro atoms. The molecule has 3 atom stereocenters. The maximum absolute atomic E-state index is 14.0. The van der Waals surface area contributed by atoms with Crippen molar-refractivity contribution in [2.24, 2.45) is 5.92 Å². The number of halogens is 2. The number of carbonyl (C=O) groups is 1. The van der Waals surface area contributed by atoms with E-state index < -0.39 is 0 Å². The van der Waals surface area contributed by atoms with Crippen LogP contribution in [-0.4, -0.2) is 30.4 Å². The van der Waals surface area contributed by atoms with E-state index in [1.165, 1.54) is 18.2 Å². The number of hydrogen-bond acceptors (Lipinski definition) is 3. The van der Waals surface area contributed by atoms with Crippen molar-refractivity contribution in [1.82, 2.24) is 15.8 Å². The van der Waals surface area contributed by atoms with Crippen molar-refractivity contribution < 1.29 is 13.6 Å². The van der Waals surface area contributed by atoms with E-state index in [4.69, 9.17) is 0 Å². The first-order valence-corrected chi connectivity index (χ1v) is 8.90. The van der Waals surface area contributed by atoms with Crippen LogP contribution in [-0.2, 0) is 4.79 Å². The van der Waals surface area contributed by atoms with Crippen molar-refractivity contribution in [1.29, 1.82) is 0 Å². The van der Waals surface area contributed by atoms with Gasteiger partial charge in [0.1, 0.15) is 11.6 Å². The molecule has 0 saturated carbocycles. The molecule has 0 bridgehead atoms. The molecular weight excluding hydrogens is 336 g/mol. The Morgan fingerprint density at radius 3 is 2.77 bits per heavy atom. The second kappa shape index (κ2) is 7.13. The second-order valence-electron chi connectivity index (χ2n) is 6.96. The standard InChI is InChI=1S/C20H21F2N3O/c21-15-5-3-4-13(10-15)19-17(11-23-24-19)20(26)25-9-8-14(12-25)16-6-1-2-7-18(16)22/h1-7,10,14,17,19,23-24H,8-9,11-12H2. The summed E-state index contributed by atoms with van der Waals surface area (Å²) < 4.78 is 27.6. The van der Waals surface area contributed by atoms with Crippen molar-refractivity contribution in [3.8, 4) is 0 Å². The van der Waals surface area contributed by atoms with Gasteiger partial charge in [-0.15, -0.1) is 0 Å². The van der Waals surface area contributed by atoms with Gasteiger partial charge in [0.15, 0.2) is 0 Å². The van der Waals surface area contributed by atoms with E-state index in [0.29, 0.717) is 25.2 Å². The van der Waals surface area contributed by atoms with Crippen LogP contribution in [0.1, 0.15) is 29.5 Å². The van der Waals surface area contributed by atoms with E-state index in [9.17, 15) is 13.6 Å². The molecule has 0 aliphatic carbocycles. The van der Waals surface area contributed by atoms with Crippen LogP contribution in [0.2, 0.25) is 0 Å². The quantitative estimate of drug-likeness (QED) is 0.888. The Kier molecular flexibility index (Phi) is 4.70. The number of rotatable bonds is 3. The fraction of sp³-hybridized carbons (Fsp3) is 0.350. The van der Waals surface area contributed by atoms with Crippen molar-refractivity contribution in [2.75, 3.05) is 19.6 Å². The molecular formula is C20H21F2N3O. The van der Waals surface area contributed by atoms with Gasteiger partial charge in [0.05, 0.1) is 12.0 Å². The van der Waals surface area contributed by atoms with Gasteiger partial charge in [-0.1, -0.05) is 30.3 Å². The summed E-state index contributed by atoms with van der Waals surface area (Å²) in [5.41, 5.74) is 7.52. The number of amides is 1. The largest absolute Gasteiger partial charge is 0.342 e. The average Bonchev–Trinajstić information content (AvgIpc) is 3.31. The summed E-state index contributed by atoms with van der Waals surface area (Å²) >= 11 is 0. The first-order valence-electron chi connectivity index (χ1n) is 8.90. The van der Waals surface area contributed by atoms with Crippen LogP contribution in [0.3, 0.4) is 0 Å². The Hall–Kier alpha value is -2.31. The lowest BCUT2D eigenvalue weighted by Gasteiger charge is -2.24. The highest BCUT2D eigenvalue weighted by atomic mass is 19.1. The van der Waals surface area contributed by atoms with Gasteiger partial charge >= 0.3 is 0 Å². The number of benzene rings is 2. The third-order valence-corrected chi connectivity index (χ3v) is 5.35. The third-order valence-electron chi connectivity index (χ3n) is 5.35. The van der Waals surface area contributed by atoms with Crippen molar-refractivity contribution in [3.05, 3.63) is 71.3 Å². The van der Waals surface area contributed by atoms with Crippen LogP contribution in [0.4, 0.5) is 8.78 Å². The number of hydrogen-bond donors (Lipinski definition) is 2. The minimum atomic E-state index is -0.316. The normalized spacial score (nSPS) is 25.6. The van der Waals surface area contributed by atoms with Gasteiger partial charge in [0.25, 0.3) is 0 Å². The third kappa shape index (κ3) is 3.22. The Balaban J connectivity index is 1.48. The van der Waals surface area contributed by atoms with Gasteiger partial charge in [-0.3, -0.25) is 10.2 Å². The van der Waals surface area contributed by atoms with Crippen molar-refractivity contribution >= 4 is 5.91 Å². The molecule has 4 rings (SSSR count). The van der Waals surface area contributed by atoms with Gasteiger partial charge in [-0.05, 0) is 35.7 Å². The van der Waals surface area contributed by atoms with E-state index in [1.54, 1.807) is 18.2 Å². The van der Waals surface area contributed by atoms with Gasteiger partial charge in [-0.25, -0.2) is 14.2 Å². The predicted molar refractivity (Wildman–Crippen MR) is 94.1 cm³/mol. The van der Waals surface area contributed by atoms with Crippen molar-refractivity contribution in [2.45, 2.75) is 18.4 Å². The molecule has 2 aromatic rings. The molecule has 3 unspecified atom stereocenters. The lowest BCUT2D eigenvalue weighted by atomic mass is 9.93. The Morgan fingerprint density at radius 2 is 1.96 bits per heavy atom. The van der Waals surface area contributed by atoms with E-state index in [2.05, 4.69) is 10.9 Å². The van der Waals surface area contributed by atoms with Crippen LogP contribution >= 0.6 is 0 Å². The first-order chi connectivity index (χ1) is 12.6. The molecule has 0 radical (unpaired) electrons. The maximum Gasteiger partial charge on any atom is 0.229 e. The zero-order valence-corrected chi connectivity index (χ0v) is 14.3. The van der Waals surface area contributed by atoms with Crippen LogP contribution in [0.5, 0.6) is 0 Å². The molecule has 2 saturated heterocycles. The minimum absolute atomic E-state index is 0.0232. The maximum atomic E-state index is 14.0. The van der Waals surface area contributed by atoms with Crippen LogP contribution in [0.25, 0.3) is 0 Å². The van der Waals surface area contributed by atoms with E-state index >= 15 is 0 Å². The molecule has 26 heavy (non-hydrogen) atoms. The predicted octanol–water partition coefficient (Wildman–Crippen LogP) is 2.75. The summed E-state index contributed by atoms with van der Waals surface area (Å²) in [4.78, 5) is 14.8. The molecule has 2 N–H and O–H groups in total. The highest BCUT2D eigenvalue weighted by Crippen LogP contribution is 2.33. The van der Waals surface area contributed by atoms with Gasteiger partial charge < -0.3 is 4.90 Å². The van der Waals surface area contributed by atoms with Crippen molar-refractivity contribution in [3.63, 3.8) is 0 Å². The smallest absolute Gasteiger partial charge is 0.229 e. The highest BCUT2D eigenvalue weighted by molar-refractivity contribution is 5.81. The number of nitrogens with one attached hydrogen (secondary N) is 2. The second-order valence-corrected chi connectivity index (χ2v) is 6.96. The lowest BCUT2D eigenvalue weighted by Crippen LogP contribution is -2.37. The lowest BCUT2D eigenvalue weighted by molar-refractivity contribution is -0.134. The molecule has 2 fully saturated rings. The van der Waals surface area contributed by atoms with E-state index in [0.717, 1.165) is 12.0 Å². The number of nitrogens with zero attached hydrogens (tertiary/aromatic N) is 1. The molecule has 1 amide bonds. The zero-order valence-electron chi connectivity index (χ0n) is 14.3. The molecule has 0 aromatic heterocycles. The van der Waals surface area contributed by atoms with E-state index in [-0.39, 0.29) is 35.4 Å². The molecule has 2 aliphatic heterocycles. The van der Waals surface area contributed by atoms with Gasteiger partial charge in [-0.2, -0.15) is 0 Å². The fourth-order valence-corrected chi connectivity index (χ4v) is 4.00. The molecule has 2 heterocycles. The molecule has 6 heteroatoms. The zero-order chi connectivity index (χ0) is 18.1. The Morgan fingerprint density at radius 1 is 1.12 bits per heavy atom. The summed E-state index contributed by atoms with van der Waals surface area (Å²) in [6.07, 6.45) is 0.755. The van der Waals surface area contributed by atoms with Crippen LogP contribution < -0.4 is 10.9 Å². The monoisotopic (exact) mass is 357 g/mol. The SMILES string of the molecule is O=C(C1CNNC1c1cccc(F)c1)N1CCC(c2ccccc2F)C1. The summed E-state index contributed by atoms with van der Waals surface area (Å²) in [7, 11) is 0. The molecule has 4 nitrogen and oxygen atoms in total. The fourth-order valence-electron chi connectivity index (χ4n) is 4.00. The van der Waals surface area contributed by atoms with Crippen LogP contribution in [0.15, 0.2) is 48.5 Å². The summed E-state index contributed by atoms with van der Waals surface area (Å²) in [6, 6.07) is 12.8. The van der Waals surface area contributed by atoms with Gasteiger partial charge in [0.2, 0.25) is 5.91 Å². The summed E-state index contributed by atoms with van der Waals surface area (Å²) in [5, 5.41) is 0. The Labute approximate surface area is 151 Å². The van der Waals surface area contributed by atoms with Crippen LogP contribution in [0, 0.1) is 17.6 Å². The topological polar surface area (TPSA) is 44.4 Å². The van der Waals surface area contributed by atoms with Gasteiger partial charge in [0, 0.05) is 25.6 Å². The minimum Gasteiger partial charge on any atom is -0.342 e. The summed E-state index contributed by atoms with van der Waals surface area (Å²) in [5.74, 6) is -0.793. The first kappa shape index (κ1) is 17.1.